The molecule has 9 heteroatoms. The van der Waals surface area contributed by atoms with Gasteiger partial charge in [0, 0.05) is 17.5 Å². The summed E-state index contributed by atoms with van der Waals surface area (Å²) in [4.78, 5) is 25.5. The fraction of sp³-hybridized carbons (Fsp3) is 0.263. The first kappa shape index (κ1) is 22.1. The molecule has 0 spiro atoms. The molecular weight excluding hydrogens is 403 g/mol. The number of hydrogen-bond donors (Lipinski definition) is 1. The van der Waals surface area contributed by atoms with Crippen molar-refractivity contribution in [3.63, 3.8) is 0 Å². The van der Waals surface area contributed by atoms with Gasteiger partial charge in [-0.2, -0.15) is 0 Å². The highest BCUT2D eigenvalue weighted by molar-refractivity contribution is 8.00. The molecule has 0 saturated carbocycles. The number of Topliss-reactive ketones (excluding diaryl/α,β-unsaturated/α-hetero) is 1. The third-order valence-corrected chi connectivity index (χ3v) is 6.28. The Morgan fingerprint density at radius 1 is 1.21 bits per heavy atom. The number of ketones is 1. The average Bonchev–Trinajstić information content (AvgIpc) is 2.64. The molecule has 1 atom stereocenters. The third kappa shape index (κ3) is 5.40. The summed E-state index contributed by atoms with van der Waals surface area (Å²) in [6, 6.07) is 9.82. The van der Waals surface area contributed by atoms with E-state index in [-0.39, 0.29) is 32.8 Å². The van der Waals surface area contributed by atoms with Gasteiger partial charge in [-0.3, -0.25) is 9.59 Å². The first-order valence-electron chi connectivity index (χ1n) is 8.32. The summed E-state index contributed by atoms with van der Waals surface area (Å²) in [6.45, 7) is 3.11. The van der Waals surface area contributed by atoms with Crippen LogP contribution in [0.4, 0.5) is 4.39 Å². The van der Waals surface area contributed by atoms with E-state index in [1.165, 1.54) is 36.1 Å². The summed E-state index contributed by atoms with van der Waals surface area (Å²) in [5.74, 6) is -1.05. The Kier molecular flexibility index (Phi) is 6.97. The topological polar surface area (TPSA) is 97.5 Å². The molecule has 0 heterocycles. The summed E-state index contributed by atoms with van der Waals surface area (Å²) >= 11 is 1.03. The van der Waals surface area contributed by atoms with E-state index in [4.69, 9.17) is 5.14 Å². The second-order valence-electron chi connectivity index (χ2n) is 6.29. The predicted molar refractivity (Wildman–Crippen MR) is 106 cm³/mol. The summed E-state index contributed by atoms with van der Waals surface area (Å²) in [5.41, 5.74) is 0.887. The van der Waals surface area contributed by atoms with Gasteiger partial charge >= 0.3 is 0 Å². The molecule has 0 fully saturated rings. The lowest BCUT2D eigenvalue weighted by Gasteiger charge is -2.25. The van der Waals surface area contributed by atoms with Gasteiger partial charge in [0.1, 0.15) is 5.82 Å². The molecule has 1 amide bonds. The molecule has 28 heavy (non-hydrogen) atoms. The molecule has 0 saturated heterocycles. The number of thioether (sulfide) groups is 1. The fourth-order valence-corrected chi connectivity index (χ4v) is 3.88. The SMILES string of the molecule is CC(=O)c1ccc(SCC(=O)N(C)C(C)c2cccc(S(N)(=O)=O)c2)c(F)c1. The van der Waals surface area contributed by atoms with Crippen molar-refractivity contribution in [1.29, 1.82) is 0 Å². The predicted octanol–water partition coefficient (Wildman–Crippen LogP) is 2.99. The van der Waals surface area contributed by atoms with E-state index in [1.807, 2.05) is 0 Å². The molecule has 0 aliphatic carbocycles. The van der Waals surface area contributed by atoms with Crippen molar-refractivity contribution < 1.29 is 22.4 Å². The Morgan fingerprint density at radius 3 is 2.46 bits per heavy atom. The summed E-state index contributed by atoms with van der Waals surface area (Å²) < 4.78 is 37.1. The number of halogens is 1. The molecule has 1 unspecified atom stereocenters. The van der Waals surface area contributed by atoms with Crippen molar-refractivity contribution in [2.75, 3.05) is 12.8 Å². The maximum Gasteiger partial charge on any atom is 0.238 e. The molecular formula is C19H21FN2O4S2. The van der Waals surface area contributed by atoms with Crippen LogP contribution in [0, 0.1) is 5.82 Å². The van der Waals surface area contributed by atoms with Crippen LogP contribution in [0.1, 0.15) is 35.8 Å². The van der Waals surface area contributed by atoms with Gasteiger partial charge in [-0.05, 0) is 43.7 Å². The highest BCUT2D eigenvalue weighted by Gasteiger charge is 2.20. The molecule has 2 N–H and O–H groups in total. The van der Waals surface area contributed by atoms with E-state index in [0.717, 1.165) is 17.8 Å². The van der Waals surface area contributed by atoms with Crippen LogP contribution >= 0.6 is 11.8 Å². The van der Waals surface area contributed by atoms with Crippen molar-refractivity contribution in [3.8, 4) is 0 Å². The van der Waals surface area contributed by atoms with Crippen LogP contribution < -0.4 is 5.14 Å². The number of rotatable bonds is 7. The smallest absolute Gasteiger partial charge is 0.238 e. The zero-order valence-corrected chi connectivity index (χ0v) is 17.3. The number of amides is 1. The highest BCUT2D eigenvalue weighted by Crippen LogP contribution is 2.26. The highest BCUT2D eigenvalue weighted by atomic mass is 32.2. The number of nitrogens with two attached hydrogens (primary N) is 1. The Labute approximate surface area is 168 Å². The van der Waals surface area contributed by atoms with Gasteiger partial charge in [-0.25, -0.2) is 17.9 Å². The van der Waals surface area contributed by atoms with Crippen molar-refractivity contribution in [1.82, 2.24) is 4.90 Å². The van der Waals surface area contributed by atoms with Gasteiger partial charge < -0.3 is 4.90 Å². The average molecular weight is 425 g/mol. The van der Waals surface area contributed by atoms with Crippen LogP contribution in [0.5, 0.6) is 0 Å². The fourth-order valence-electron chi connectivity index (χ4n) is 2.47. The van der Waals surface area contributed by atoms with Crippen LogP contribution in [0.25, 0.3) is 0 Å². The standard InChI is InChI=1S/C19H21FN2O4S2/c1-12(14-5-4-6-16(9-14)28(21,25)26)22(3)19(24)11-27-18-8-7-15(13(2)23)10-17(18)20/h4-10,12H,11H2,1-3H3,(H2,21,25,26). The first-order chi connectivity index (χ1) is 13.0. The number of primary sulfonamides is 1. The molecule has 6 nitrogen and oxygen atoms in total. The van der Waals surface area contributed by atoms with E-state index >= 15 is 0 Å². The second-order valence-corrected chi connectivity index (χ2v) is 8.87. The maximum atomic E-state index is 14.1. The van der Waals surface area contributed by atoms with E-state index in [9.17, 15) is 22.4 Å². The summed E-state index contributed by atoms with van der Waals surface area (Å²) in [6.07, 6.45) is 0. The summed E-state index contributed by atoms with van der Waals surface area (Å²) in [5, 5.41) is 5.15. The monoisotopic (exact) mass is 424 g/mol. The zero-order valence-electron chi connectivity index (χ0n) is 15.7. The van der Waals surface area contributed by atoms with Crippen molar-refractivity contribution in [2.24, 2.45) is 5.14 Å². The Bertz CT molecular complexity index is 1010. The van der Waals surface area contributed by atoms with E-state index in [0.29, 0.717) is 5.56 Å². The quantitative estimate of drug-likeness (QED) is 0.544. The van der Waals surface area contributed by atoms with Crippen LogP contribution in [0.3, 0.4) is 0 Å². The lowest BCUT2D eigenvalue weighted by Crippen LogP contribution is -2.31. The number of hydrogen-bond acceptors (Lipinski definition) is 5. The lowest BCUT2D eigenvalue weighted by atomic mass is 10.1. The number of nitrogens with zero attached hydrogens (tertiary/aromatic N) is 1. The lowest BCUT2D eigenvalue weighted by molar-refractivity contribution is -0.128. The van der Waals surface area contributed by atoms with Crippen molar-refractivity contribution in [2.45, 2.75) is 29.7 Å². The minimum atomic E-state index is -3.84. The Morgan fingerprint density at radius 2 is 1.89 bits per heavy atom. The molecule has 0 radical (unpaired) electrons. The number of benzene rings is 2. The van der Waals surface area contributed by atoms with Crippen LogP contribution in [-0.4, -0.2) is 37.8 Å². The minimum absolute atomic E-state index is 0.00788. The largest absolute Gasteiger partial charge is 0.338 e. The van der Waals surface area contributed by atoms with E-state index < -0.39 is 21.9 Å². The van der Waals surface area contributed by atoms with Crippen LogP contribution in [0.2, 0.25) is 0 Å². The molecule has 0 aliphatic rings. The van der Waals surface area contributed by atoms with E-state index in [1.54, 1.807) is 26.1 Å². The molecule has 0 aromatic heterocycles. The number of carbonyl (C=O) groups excluding carboxylic acids is 2. The Balaban J connectivity index is 2.07. The Hall–Kier alpha value is -2.23. The molecule has 2 aromatic rings. The van der Waals surface area contributed by atoms with Gasteiger partial charge in [-0.1, -0.05) is 18.2 Å². The van der Waals surface area contributed by atoms with Gasteiger partial charge in [0.25, 0.3) is 0 Å². The van der Waals surface area contributed by atoms with Crippen molar-refractivity contribution in [3.05, 3.63) is 59.4 Å². The minimum Gasteiger partial charge on any atom is -0.338 e. The van der Waals surface area contributed by atoms with Crippen LogP contribution in [0.15, 0.2) is 52.3 Å². The van der Waals surface area contributed by atoms with Gasteiger partial charge in [-0.15, -0.1) is 11.8 Å². The third-order valence-electron chi connectivity index (χ3n) is 4.33. The van der Waals surface area contributed by atoms with Gasteiger partial charge in [0.2, 0.25) is 15.9 Å². The zero-order chi connectivity index (χ0) is 21.1. The van der Waals surface area contributed by atoms with E-state index in [2.05, 4.69) is 0 Å². The van der Waals surface area contributed by atoms with Gasteiger partial charge in [0.05, 0.1) is 16.7 Å². The normalized spacial score (nSPS) is 12.5. The summed E-state index contributed by atoms with van der Waals surface area (Å²) in [7, 11) is -2.25. The first-order valence-corrected chi connectivity index (χ1v) is 10.9. The number of carbonyl (C=O) groups is 2. The van der Waals surface area contributed by atoms with Crippen molar-refractivity contribution >= 4 is 33.5 Å². The molecule has 150 valence electrons. The molecule has 0 bridgehead atoms. The second kappa shape index (κ2) is 8.85. The maximum absolute atomic E-state index is 14.1. The molecule has 2 aromatic carbocycles. The van der Waals surface area contributed by atoms with Crippen LogP contribution in [-0.2, 0) is 14.8 Å². The molecule has 0 aliphatic heterocycles. The molecule has 2 rings (SSSR count). The number of sulfonamides is 1. The van der Waals surface area contributed by atoms with Gasteiger partial charge in [0.15, 0.2) is 5.78 Å².